The molecule has 27 heavy (non-hydrogen) atoms. The van der Waals surface area contributed by atoms with Crippen molar-refractivity contribution in [3.63, 3.8) is 0 Å². The van der Waals surface area contributed by atoms with Gasteiger partial charge in [0.15, 0.2) is 0 Å². The van der Waals surface area contributed by atoms with Gasteiger partial charge in [0.05, 0.1) is 22.8 Å². The van der Waals surface area contributed by atoms with Crippen LogP contribution >= 0.6 is 23.2 Å². The van der Waals surface area contributed by atoms with Crippen LogP contribution in [0.25, 0.3) is 11.3 Å². The largest absolute Gasteiger partial charge is 0.374 e. The lowest BCUT2D eigenvalue weighted by Crippen LogP contribution is -2.19. The Bertz CT molecular complexity index is 794. The van der Waals surface area contributed by atoms with Crippen molar-refractivity contribution in [3.05, 3.63) is 39.6 Å². The van der Waals surface area contributed by atoms with Gasteiger partial charge < -0.3 is 9.26 Å². The SMILES string of the molecule is CCC(CC(C)OCc1c(-c2c(Cl)cccc2Cl)noc1C1CC1)C(C)=O. The number of rotatable bonds is 9. The minimum absolute atomic E-state index is 0.0304. The Hall–Kier alpha value is -1.36. The van der Waals surface area contributed by atoms with Crippen LogP contribution in [0.3, 0.4) is 0 Å². The number of ether oxygens (including phenoxy) is 1. The molecule has 1 heterocycles. The van der Waals surface area contributed by atoms with Crippen molar-refractivity contribution in [2.24, 2.45) is 5.92 Å². The average molecular weight is 410 g/mol. The van der Waals surface area contributed by atoms with Gasteiger partial charge in [-0.25, -0.2) is 0 Å². The van der Waals surface area contributed by atoms with E-state index in [1.165, 1.54) is 0 Å². The summed E-state index contributed by atoms with van der Waals surface area (Å²) >= 11 is 12.8. The molecule has 146 valence electrons. The second kappa shape index (κ2) is 8.76. The predicted molar refractivity (Wildman–Crippen MR) is 107 cm³/mol. The molecule has 6 heteroatoms. The third-order valence-corrected chi connectivity index (χ3v) is 5.79. The summed E-state index contributed by atoms with van der Waals surface area (Å²) in [4.78, 5) is 11.7. The van der Waals surface area contributed by atoms with Crippen LogP contribution < -0.4 is 0 Å². The molecule has 0 bridgehead atoms. The normalized spacial score (nSPS) is 16.3. The molecule has 1 fully saturated rings. The third-order valence-electron chi connectivity index (χ3n) is 5.16. The van der Waals surface area contributed by atoms with Crippen molar-refractivity contribution < 1.29 is 14.1 Å². The Morgan fingerprint density at radius 3 is 2.56 bits per heavy atom. The van der Waals surface area contributed by atoms with Gasteiger partial charge in [-0.3, -0.25) is 4.79 Å². The van der Waals surface area contributed by atoms with Gasteiger partial charge in [-0.2, -0.15) is 0 Å². The maximum absolute atomic E-state index is 11.7. The van der Waals surface area contributed by atoms with Crippen LogP contribution in [0, 0.1) is 5.92 Å². The van der Waals surface area contributed by atoms with Gasteiger partial charge in [0, 0.05) is 23.0 Å². The van der Waals surface area contributed by atoms with Crippen molar-refractivity contribution in [1.29, 1.82) is 0 Å². The zero-order chi connectivity index (χ0) is 19.6. The van der Waals surface area contributed by atoms with E-state index < -0.39 is 0 Å². The lowest BCUT2D eigenvalue weighted by Gasteiger charge is -2.18. The van der Waals surface area contributed by atoms with Crippen LogP contribution in [-0.4, -0.2) is 17.0 Å². The molecule has 1 aliphatic rings. The fourth-order valence-electron chi connectivity index (χ4n) is 3.36. The van der Waals surface area contributed by atoms with E-state index in [1.807, 2.05) is 13.8 Å². The second-order valence-corrected chi connectivity index (χ2v) is 8.13. The topological polar surface area (TPSA) is 52.3 Å². The van der Waals surface area contributed by atoms with Gasteiger partial charge in [-0.15, -0.1) is 0 Å². The molecule has 0 spiro atoms. The highest BCUT2D eigenvalue weighted by molar-refractivity contribution is 6.39. The van der Waals surface area contributed by atoms with Crippen LogP contribution in [0.5, 0.6) is 0 Å². The summed E-state index contributed by atoms with van der Waals surface area (Å²) in [6.45, 7) is 6.03. The summed E-state index contributed by atoms with van der Waals surface area (Å²) in [5.74, 6) is 1.50. The maximum atomic E-state index is 11.7. The third kappa shape index (κ3) is 4.74. The van der Waals surface area contributed by atoms with E-state index in [1.54, 1.807) is 25.1 Å². The molecule has 1 aromatic heterocycles. The standard InChI is InChI=1S/C21H25Cl2NO3/c1-4-14(13(3)25)10-12(2)26-11-16-20(24-27-21(16)15-8-9-15)19-17(22)6-5-7-18(19)23/h5-7,12,14-15H,4,8-11H2,1-3H3. The minimum Gasteiger partial charge on any atom is -0.374 e. The van der Waals surface area contributed by atoms with E-state index in [0.717, 1.165) is 30.6 Å². The van der Waals surface area contributed by atoms with Crippen LogP contribution in [0.1, 0.15) is 63.7 Å². The number of carbonyl (C=O) groups excluding carboxylic acids is 1. The summed E-state index contributed by atoms with van der Waals surface area (Å²) < 4.78 is 11.7. The Morgan fingerprint density at radius 2 is 2.00 bits per heavy atom. The molecule has 2 aromatic rings. The van der Waals surface area contributed by atoms with Crippen LogP contribution in [0.2, 0.25) is 10.0 Å². The fourth-order valence-corrected chi connectivity index (χ4v) is 3.94. The molecule has 1 aromatic carbocycles. The van der Waals surface area contributed by atoms with Gasteiger partial charge in [-0.05, 0) is 51.7 Å². The Morgan fingerprint density at radius 1 is 1.33 bits per heavy atom. The molecule has 0 saturated heterocycles. The number of nitrogens with zero attached hydrogens (tertiary/aromatic N) is 1. The first-order valence-electron chi connectivity index (χ1n) is 9.47. The number of Topliss-reactive ketones (excluding diaryl/α,β-unsaturated/α-hetero) is 1. The van der Waals surface area contributed by atoms with Crippen LogP contribution in [0.15, 0.2) is 22.7 Å². The molecular weight excluding hydrogens is 385 g/mol. The number of hydrogen-bond donors (Lipinski definition) is 0. The van der Waals surface area contributed by atoms with Gasteiger partial charge in [-0.1, -0.05) is 41.3 Å². The molecular formula is C21H25Cl2NO3. The summed E-state index contributed by atoms with van der Waals surface area (Å²) in [6, 6.07) is 5.39. The van der Waals surface area contributed by atoms with Gasteiger partial charge >= 0.3 is 0 Å². The first-order chi connectivity index (χ1) is 12.9. The van der Waals surface area contributed by atoms with E-state index in [9.17, 15) is 4.79 Å². The summed E-state index contributed by atoms with van der Waals surface area (Å²) in [6.07, 6.45) is 3.67. The lowest BCUT2D eigenvalue weighted by atomic mass is 9.95. The van der Waals surface area contributed by atoms with Gasteiger partial charge in [0.1, 0.15) is 17.2 Å². The number of ketones is 1. The molecule has 0 aliphatic heterocycles. The Kier molecular flexibility index (Phi) is 6.61. The molecule has 4 nitrogen and oxygen atoms in total. The highest BCUT2D eigenvalue weighted by Gasteiger charge is 2.33. The highest BCUT2D eigenvalue weighted by Crippen LogP contribution is 2.46. The molecule has 2 atom stereocenters. The van der Waals surface area contributed by atoms with Crippen molar-refractivity contribution in [1.82, 2.24) is 5.16 Å². The maximum Gasteiger partial charge on any atom is 0.145 e. The van der Waals surface area contributed by atoms with Crippen LogP contribution in [-0.2, 0) is 16.1 Å². The number of halogens is 2. The number of hydrogen-bond acceptors (Lipinski definition) is 4. The Balaban J connectivity index is 1.82. The minimum atomic E-state index is -0.0460. The van der Waals surface area contributed by atoms with Crippen LogP contribution in [0.4, 0.5) is 0 Å². The smallest absolute Gasteiger partial charge is 0.145 e. The average Bonchev–Trinajstić information content (AvgIpc) is 3.38. The molecule has 2 unspecified atom stereocenters. The van der Waals surface area contributed by atoms with E-state index in [-0.39, 0.29) is 17.8 Å². The summed E-state index contributed by atoms with van der Waals surface area (Å²) in [5.41, 5.74) is 2.24. The molecule has 1 aliphatic carbocycles. The molecule has 3 rings (SSSR count). The first kappa shape index (κ1) is 20.4. The summed E-state index contributed by atoms with van der Waals surface area (Å²) in [5, 5.41) is 5.35. The van der Waals surface area contributed by atoms with E-state index in [2.05, 4.69) is 5.16 Å². The van der Waals surface area contributed by atoms with E-state index in [0.29, 0.717) is 40.2 Å². The van der Waals surface area contributed by atoms with Crippen molar-refractivity contribution in [2.75, 3.05) is 0 Å². The quantitative estimate of drug-likeness (QED) is 0.478. The van der Waals surface area contributed by atoms with E-state index in [4.69, 9.17) is 32.5 Å². The lowest BCUT2D eigenvalue weighted by molar-refractivity contribution is -0.122. The van der Waals surface area contributed by atoms with Crippen molar-refractivity contribution in [3.8, 4) is 11.3 Å². The summed E-state index contributed by atoms with van der Waals surface area (Å²) in [7, 11) is 0. The molecule has 1 saturated carbocycles. The first-order valence-corrected chi connectivity index (χ1v) is 10.2. The number of aromatic nitrogens is 1. The Labute approximate surface area is 170 Å². The zero-order valence-electron chi connectivity index (χ0n) is 15.9. The van der Waals surface area contributed by atoms with Gasteiger partial charge in [0.2, 0.25) is 0 Å². The fraction of sp³-hybridized carbons (Fsp3) is 0.524. The van der Waals surface area contributed by atoms with Crippen molar-refractivity contribution >= 4 is 29.0 Å². The molecule has 0 amide bonds. The van der Waals surface area contributed by atoms with E-state index >= 15 is 0 Å². The highest BCUT2D eigenvalue weighted by atomic mass is 35.5. The second-order valence-electron chi connectivity index (χ2n) is 7.32. The monoisotopic (exact) mass is 409 g/mol. The van der Waals surface area contributed by atoms with Gasteiger partial charge in [0.25, 0.3) is 0 Å². The molecule has 0 N–H and O–H groups in total. The number of benzene rings is 1. The predicted octanol–water partition coefficient (Wildman–Crippen LogP) is 6.44. The zero-order valence-corrected chi connectivity index (χ0v) is 17.4. The molecule has 0 radical (unpaired) electrons. The number of carbonyl (C=O) groups is 1. The van der Waals surface area contributed by atoms with Crippen molar-refractivity contribution in [2.45, 2.75) is 65.1 Å².